The molecule has 0 spiro atoms. The van der Waals surface area contributed by atoms with E-state index in [-0.39, 0.29) is 17.9 Å². The van der Waals surface area contributed by atoms with Gasteiger partial charge < -0.3 is 34.8 Å². The van der Waals surface area contributed by atoms with Gasteiger partial charge in [0.15, 0.2) is 5.82 Å². The van der Waals surface area contributed by atoms with Gasteiger partial charge in [-0.2, -0.15) is 4.98 Å². The average Bonchev–Trinajstić information content (AvgIpc) is 3.52. The molecule has 11 heteroatoms. The second-order valence-electron chi connectivity index (χ2n) is 12.3. The summed E-state index contributed by atoms with van der Waals surface area (Å²) >= 11 is 0. The van der Waals surface area contributed by atoms with Crippen LogP contribution in [-0.4, -0.2) is 92.8 Å². The summed E-state index contributed by atoms with van der Waals surface area (Å²) in [6, 6.07) is 5.84. The van der Waals surface area contributed by atoms with Crippen molar-refractivity contribution in [2.24, 2.45) is 5.41 Å². The predicted octanol–water partition coefficient (Wildman–Crippen LogP) is 3.82. The first kappa shape index (κ1) is 30.0. The minimum absolute atomic E-state index is 0.0562. The highest BCUT2D eigenvalue weighted by molar-refractivity contribution is 6.01. The molecule has 1 aromatic heterocycles. The van der Waals surface area contributed by atoms with Gasteiger partial charge in [0.2, 0.25) is 11.9 Å². The highest BCUT2D eigenvalue weighted by atomic mass is 16.5. The highest BCUT2D eigenvalue weighted by Gasteiger charge is 2.41. The zero-order chi connectivity index (χ0) is 29.9. The van der Waals surface area contributed by atoms with Gasteiger partial charge in [-0.15, -0.1) is 0 Å². The molecule has 0 unspecified atom stereocenters. The summed E-state index contributed by atoms with van der Waals surface area (Å²) in [7, 11) is 5.10. The van der Waals surface area contributed by atoms with E-state index in [1.165, 1.54) is 12.8 Å². The van der Waals surface area contributed by atoms with Crippen LogP contribution in [-0.2, 0) is 9.53 Å². The van der Waals surface area contributed by atoms with Crippen LogP contribution in [0.5, 0.6) is 5.75 Å². The van der Waals surface area contributed by atoms with Gasteiger partial charge >= 0.3 is 0 Å². The predicted molar refractivity (Wildman–Crippen MR) is 164 cm³/mol. The number of anilines is 4. The number of ether oxygens (including phenoxy) is 2. The topological polar surface area (TPSA) is 112 Å². The molecular weight excluding hydrogens is 534 g/mol. The van der Waals surface area contributed by atoms with E-state index in [0.29, 0.717) is 41.2 Å². The summed E-state index contributed by atoms with van der Waals surface area (Å²) in [6.45, 7) is 8.14. The van der Waals surface area contributed by atoms with Crippen molar-refractivity contribution >= 4 is 35.0 Å². The van der Waals surface area contributed by atoms with E-state index in [1.807, 2.05) is 19.9 Å². The van der Waals surface area contributed by atoms with Crippen LogP contribution in [0.3, 0.4) is 0 Å². The molecule has 0 bridgehead atoms. The number of rotatable bonds is 9. The molecule has 1 saturated carbocycles. The number of methoxy groups -OCH3 is 2. The molecule has 2 fully saturated rings. The van der Waals surface area contributed by atoms with Gasteiger partial charge in [0.1, 0.15) is 11.4 Å². The molecule has 0 radical (unpaired) electrons. The maximum atomic E-state index is 13.3. The van der Waals surface area contributed by atoms with Gasteiger partial charge in [0.25, 0.3) is 5.91 Å². The van der Waals surface area contributed by atoms with Gasteiger partial charge in [-0.1, -0.05) is 12.8 Å². The number of nitrogens with one attached hydrogen (secondary N) is 2. The minimum Gasteiger partial charge on any atom is -0.495 e. The quantitative estimate of drug-likeness (QED) is 0.458. The average molecular weight is 580 g/mol. The number of carbonyl (C=O) groups excluding carboxylic acids is 2. The van der Waals surface area contributed by atoms with E-state index >= 15 is 0 Å². The highest BCUT2D eigenvalue weighted by Crippen LogP contribution is 2.40. The molecule has 0 atom stereocenters. The Balaban J connectivity index is 1.32. The van der Waals surface area contributed by atoms with Crippen molar-refractivity contribution in [3.05, 3.63) is 30.0 Å². The van der Waals surface area contributed by atoms with Crippen LogP contribution < -0.4 is 25.2 Å². The monoisotopic (exact) mass is 579 g/mol. The fraction of sp³-hybridized carbons (Fsp3) is 0.613. The summed E-state index contributed by atoms with van der Waals surface area (Å²) in [6.07, 6.45) is 8.09. The Hall–Kier alpha value is -3.44. The van der Waals surface area contributed by atoms with Crippen molar-refractivity contribution in [3.63, 3.8) is 0 Å². The molecule has 228 valence electrons. The number of likely N-dealkylation sites (tertiary alicyclic amines) is 1. The molecule has 5 rings (SSSR count). The largest absolute Gasteiger partial charge is 0.495 e. The number of benzene rings is 1. The number of carbonyl (C=O) groups is 2. The molecule has 3 heterocycles. The third-order valence-electron chi connectivity index (χ3n) is 8.84. The summed E-state index contributed by atoms with van der Waals surface area (Å²) < 4.78 is 10.8. The smallest absolute Gasteiger partial charge is 0.251 e. The molecule has 3 aliphatic rings. The van der Waals surface area contributed by atoms with Crippen LogP contribution in [0.4, 0.5) is 23.1 Å². The number of fused-ring (bicyclic) bond motifs is 1. The number of hydrogen-bond donors (Lipinski definition) is 2. The van der Waals surface area contributed by atoms with Gasteiger partial charge in [-0.05, 0) is 57.7 Å². The molecule has 2 aromatic rings. The minimum atomic E-state index is -0.549. The maximum Gasteiger partial charge on any atom is 0.251 e. The van der Waals surface area contributed by atoms with Gasteiger partial charge in [-0.3, -0.25) is 9.59 Å². The van der Waals surface area contributed by atoms with Gasteiger partial charge in [0.05, 0.1) is 31.0 Å². The molecule has 11 nitrogen and oxygen atoms in total. The normalized spacial score (nSPS) is 19.9. The van der Waals surface area contributed by atoms with Crippen LogP contribution in [0.1, 0.15) is 62.7 Å². The summed E-state index contributed by atoms with van der Waals surface area (Å²) in [5.74, 6) is 1.65. The molecule has 1 aliphatic carbocycles. The molecule has 2 amide bonds. The first-order chi connectivity index (χ1) is 20.2. The number of amides is 2. The van der Waals surface area contributed by atoms with E-state index in [1.54, 1.807) is 44.5 Å². The Labute approximate surface area is 249 Å². The zero-order valence-electron chi connectivity index (χ0n) is 25.6. The lowest BCUT2D eigenvalue weighted by Gasteiger charge is -2.34. The lowest BCUT2D eigenvalue weighted by atomic mass is 9.91. The lowest BCUT2D eigenvalue weighted by Crippen LogP contribution is -2.45. The van der Waals surface area contributed by atoms with E-state index in [4.69, 9.17) is 14.5 Å². The third kappa shape index (κ3) is 6.47. The van der Waals surface area contributed by atoms with Crippen molar-refractivity contribution in [3.8, 4) is 5.75 Å². The van der Waals surface area contributed by atoms with E-state index in [9.17, 15) is 9.59 Å². The van der Waals surface area contributed by atoms with Crippen molar-refractivity contribution in [2.75, 3.05) is 69.2 Å². The Morgan fingerprint density at radius 1 is 1.12 bits per heavy atom. The Kier molecular flexibility index (Phi) is 9.17. The molecule has 1 saturated heterocycles. The van der Waals surface area contributed by atoms with E-state index in [0.717, 1.165) is 57.7 Å². The summed E-state index contributed by atoms with van der Waals surface area (Å²) in [5, 5.41) is 6.48. The Morgan fingerprint density at radius 2 is 1.86 bits per heavy atom. The van der Waals surface area contributed by atoms with Crippen LogP contribution >= 0.6 is 0 Å². The van der Waals surface area contributed by atoms with E-state index < -0.39 is 5.41 Å². The fourth-order valence-corrected chi connectivity index (χ4v) is 6.37. The molecule has 42 heavy (non-hydrogen) atoms. The maximum absolute atomic E-state index is 13.3. The molecule has 2 aliphatic heterocycles. The first-order valence-electron chi connectivity index (χ1n) is 15.1. The second kappa shape index (κ2) is 12.8. The number of piperidine rings is 1. The second-order valence-corrected chi connectivity index (χ2v) is 12.3. The number of hydrogen-bond acceptors (Lipinski definition) is 9. The Bertz CT molecular complexity index is 1270. The van der Waals surface area contributed by atoms with Crippen LogP contribution in [0.2, 0.25) is 0 Å². The zero-order valence-corrected chi connectivity index (χ0v) is 25.6. The molecule has 2 N–H and O–H groups in total. The first-order valence-corrected chi connectivity index (χ1v) is 15.1. The lowest BCUT2D eigenvalue weighted by molar-refractivity contribution is -0.125. The SMILES string of the molecule is COCCN1CCC(NC(=O)c2ccc(Nc3ncc4c(n3)N(C3CCCC3)CC(C)(C)C(=O)N4C)c(OC)c2)CC1. The number of aromatic nitrogens is 2. The summed E-state index contributed by atoms with van der Waals surface area (Å²) in [5.41, 5.74) is 1.36. The van der Waals surface area contributed by atoms with Crippen molar-refractivity contribution in [1.82, 2.24) is 20.2 Å². The van der Waals surface area contributed by atoms with Crippen LogP contribution in [0.25, 0.3) is 0 Å². The van der Waals surface area contributed by atoms with Gasteiger partial charge in [-0.25, -0.2) is 4.98 Å². The van der Waals surface area contributed by atoms with Crippen LogP contribution in [0.15, 0.2) is 24.4 Å². The summed E-state index contributed by atoms with van der Waals surface area (Å²) in [4.78, 5) is 42.2. The Morgan fingerprint density at radius 3 is 2.55 bits per heavy atom. The molecular formula is C31H45N7O4. The van der Waals surface area contributed by atoms with Crippen molar-refractivity contribution in [2.45, 2.75) is 64.5 Å². The van der Waals surface area contributed by atoms with Crippen molar-refractivity contribution < 1.29 is 19.1 Å². The molecule has 1 aromatic carbocycles. The van der Waals surface area contributed by atoms with E-state index in [2.05, 4.69) is 25.4 Å². The van der Waals surface area contributed by atoms with Crippen molar-refractivity contribution in [1.29, 1.82) is 0 Å². The third-order valence-corrected chi connectivity index (χ3v) is 8.84. The fourth-order valence-electron chi connectivity index (χ4n) is 6.37. The van der Waals surface area contributed by atoms with Crippen LogP contribution in [0, 0.1) is 5.41 Å². The van der Waals surface area contributed by atoms with Gasteiger partial charge in [0, 0.05) is 58.0 Å². The number of nitrogens with zero attached hydrogens (tertiary/aromatic N) is 5. The standard InChI is InChI=1S/C31H45N7O4/c1-31(2)20-38(23-8-6-7-9-23)27-25(36(3)29(31)40)19-32-30(35-27)34-24-11-10-21(18-26(24)42-5)28(39)33-22-12-14-37(15-13-22)16-17-41-4/h10-11,18-19,22-23H,6-9,12-17,20H2,1-5H3,(H,33,39)(H,32,34,35).